The van der Waals surface area contributed by atoms with Gasteiger partial charge in [-0.25, -0.2) is 0 Å². The SMILES string of the molecule is Cc1cc2cc(Cl)cc(COc3ccc(CCC(=O)O)c(C)c3C)c2s1. The van der Waals surface area contributed by atoms with Gasteiger partial charge < -0.3 is 9.84 Å². The first kappa shape index (κ1) is 18.7. The quantitative estimate of drug-likeness (QED) is 0.556. The first-order chi connectivity index (χ1) is 12.3. The van der Waals surface area contributed by atoms with Crippen LogP contribution in [-0.4, -0.2) is 11.1 Å². The minimum atomic E-state index is -0.779. The third-order valence-electron chi connectivity index (χ3n) is 4.62. The summed E-state index contributed by atoms with van der Waals surface area (Å²) >= 11 is 8.00. The molecule has 0 unspecified atom stereocenters. The summed E-state index contributed by atoms with van der Waals surface area (Å²) in [6.45, 7) is 6.57. The third kappa shape index (κ3) is 4.02. The van der Waals surface area contributed by atoms with Gasteiger partial charge in [0.1, 0.15) is 12.4 Å². The number of aliphatic carboxylic acids is 1. The van der Waals surface area contributed by atoms with Gasteiger partial charge >= 0.3 is 5.97 Å². The van der Waals surface area contributed by atoms with Crippen molar-refractivity contribution in [3.63, 3.8) is 0 Å². The second-order valence-corrected chi connectivity index (χ2v) is 8.19. The van der Waals surface area contributed by atoms with E-state index in [0.29, 0.717) is 18.1 Å². The molecule has 0 radical (unpaired) electrons. The van der Waals surface area contributed by atoms with Crippen LogP contribution in [0.15, 0.2) is 30.3 Å². The fourth-order valence-corrected chi connectivity index (χ4v) is 4.34. The largest absolute Gasteiger partial charge is 0.489 e. The molecule has 5 heteroatoms. The van der Waals surface area contributed by atoms with Crippen molar-refractivity contribution in [2.45, 2.75) is 40.2 Å². The first-order valence-corrected chi connectivity index (χ1v) is 9.67. The van der Waals surface area contributed by atoms with Crippen molar-refractivity contribution in [3.8, 4) is 5.75 Å². The van der Waals surface area contributed by atoms with E-state index in [2.05, 4.69) is 13.0 Å². The predicted octanol–water partition coefficient (Wildman–Crippen LogP) is 6.08. The molecule has 0 saturated carbocycles. The highest BCUT2D eigenvalue weighted by atomic mass is 35.5. The maximum atomic E-state index is 10.8. The van der Waals surface area contributed by atoms with Gasteiger partial charge in [0, 0.05) is 26.6 Å². The lowest BCUT2D eigenvalue weighted by atomic mass is 9.99. The molecule has 1 aromatic heterocycles. The van der Waals surface area contributed by atoms with Crippen LogP contribution >= 0.6 is 22.9 Å². The van der Waals surface area contributed by atoms with Gasteiger partial charge in [-0.2, -0.15) is 0 Å². The van der Waals surface area contributed by atoms with E-state index in [1.165, 1.54) is 9.58 Å². The van der Waals surface area contributed by atoms with Gasteiger partial charge in [-0.05, 0) is 73.5 Å². The van der Waals surface area contributed by atoms with Crippen LogP contribution in [0.5, 0.6) is 5.75 Å². The second kappa shape index (κ2) is 7.68. The Morgan fingerprint density at radius 2 is 1.88 bits per heavy atom. The van der Waals surface area contributed by atoms with Crippen LogP contribution in [0.3, 0.4) is 0 Å². The number of carboxylic acid groups (broad SMARTS) is 1. The van der Waals surface area contributed by atoms with Crippen molar-refractivity contribution in [1.82, 2.24) is 0 Å². The van der Waals surface area contributed by atoms with Gasteiger partial charge in [-0.1, -0.05) is 17.7 Å². The summed E-state index contributed by atoms with van der Waals surface area (Å²) < 4.78 is 7.30. The number of thiophene rings is 1. The van der Waals surface area contributed by atoms with Gasteiger partial charge in [0.15, 0.2) is 0 Å². The predicted molar refractivity (Wildman–Crippen MR) is 108 cm³/mol. The topological polar surface area (TPSA) is 46.5 Å². The number of carboxylic acids is 1. The molecule has 0 spiro atoms. The third-order valence-corrected chi connectivity index (χ3v) is 5.98. The van der Waals surface area contributed by atoms with Gasteiger partial charge in [0.25, 0.3) is 0 Å². The molecule has 0 fully saturated rings. The molecule has 0 aliphatic carbocycles. The zero-order valence-electron chi connectivity index (χ0n) is 15.1. The average molecular weight is 389 g/mol. The molecule has 26 heavy (non-hydrogen) atoms. The number of rotatable bonds is 6. The molecular formula is C21H21ClO3S. The van der Waals surface area contributed by atoms with E-state index in [1.807, 2.05) is 38.1 Å². The van der Waals surface area contributed by atoms with Crippen molar-refractivity contribution < 1.29 is 14.6 Å². The first-order valence-electron chi connectivity index (χ1n) is 8.47. The summed E-state index contributed by atoms with van der Waals surface area (Å²) in [5, 5.41) is 10.7. The fourth-order valence-electron chi connectivity index (χ4n) is 3.10. The van der Waals surface area contributed by atoms with Crippen LogP contribution in [0.2, 0.25) is 5.02 Å². The van der Waals surface area contributed by atoms with E-state index in [1.54, 1.807) is 11.3 Å². The average Bonchev–Trinajstić information content (AvgIpc) is 2.95. The standard InChI is InChI=1S/C21H21ClO3S/c1-12-8-16-9-18(22)10-17(21(16)26-12)11-25-19-6-4-15(5-7-20(23)24)13(2)14(19)3/h4,6,8-10H,5,7,11H2,1-3H3,(H,23,24). The molecule has 1 heterocycles. The molecule has 3 nitrogen and oxygen atoms in total. The van der Waals surface area contributed by atoms with Crippen molar-refractivity contribution in [2.75, 3.05) is 0 Å². The Labute approximate surface area is 162 Å². The molecule has 0 saturated heterocycles. The number of fused-ring (bicyclic) bond motifs is 1. The molecule has 0 atom stereocenters. The minimum absolute atomic E-state index is 0.138. The normalized spacial score (nSPS) is 11.1. The van der Waals surface area contributed by atoms with E-state index in [-0.39, 0.29) is 6.42 Å². The molecule has 3 rings (SSSR count). The summed E-state index contributed by atoms with van der Waals surface area (Å²) in [5.74, 6) is 0.0431. The number of ether oxygens (including phenoxy) is 1. The number of benzene rings is 2. The van der Waals surface area contributed by atoms with Crippen molar-refractivity contribution >= 4 is 39.0 Å². The van der Waals surface area contributed by atoms with Crippen LogP contribution in [0.1, 0.15) is 33.6 Å². The van der Waals surface area contributed by atoms with Crippen LogP contribution in [0.25, 0.3) is 10.1 Å². The molecule has 0 aliphatic heterocycles. The van der Waals surface area contributed by atoms with E-state index in [9.17, 15) is 4.79 Å². The Morgan fingerprint density at radius 3 is 2.62 bits per heavy atom. The van der Waals surface area contributed by atoms with Crippen LogP contribution < -0.4 is 4.74 Å². The number of hydrogen-bond acceptors (Lipinski definition) is 3. The Bertz CT molecular complexity index is 975. The highest BCUT2D eigenvalue weighted by Crippen LogP contribution is 2.33. The smallest absolute Gasteiger partial charge is 0.303 e. The van der Waals surface area contributed by atoms with Gasteiger partial charge in [0.2, 0.25) is 0 Å². The molecule has 2 aromatic carbocycles. The van der Waals surface area contributed by atoms with Gasteiger partial charge in [-0.15, -0.1) is 11.3 Å². The molecule has 0 aliphatic rings. The molecule has 0 amide bonds. The minimum Gasteiger partial charge on any atom is -0.489 e. The number of hydrogen-bond donors (Lipinski definition) is 1. The monoisotopic (exact) mass is 388 g/mol. The summed E-state index contributed by atoms with van der Waals surface area (Å²) in [5.41, 5.74) is 4.27. The van der Waals surface area contributed by atoms with Crippen LogP contribution in [0, 0.1) is 20.8 Å². The van der Waals surface area contributed by atoms with Crippen molar-refractivity contribution in [3.05, 3.63) is 62.5 Å². The van der Waals surface area contributed by atoms with Crippen molar-refractivity contribution in [1.29, 1.82) is 0 Å². The van der Waals surface area contributed by atoms with E-state index in [4.69, 9.17) is 21.4 Å². The highest BCUT2D eigenvalue weighted by molar-refractivity contribution is 7.19. The zero-order chi connectivity index (χ0) is 18.8. The summed E-state index contributed by atoms with van der Waals surface area (Å²) in [4.78, 5) is 12.0. The molecule has 3 aromatic rings. The zero-order valence-corrected chi connectivity index (χ0v) is 16.6. The fraction of sp³-hybridized carbons (Fsp3) is 0.286. The maximum Gasteiger partial charge on any atom is 0.303 e. The summed E-state index contributed by atoms with van der Waals surface area (Å²) in [6, 6.07) is 9.98. The highest BCUT2D eigenvalue weighted by Gasteiger charge is 2.11. The van der Waals surface area contributed by atoms with Crippen molar-refractivity contribution in [2.24, 2.45) is 0 Å². The van der Waals surface area contributed by atoms with E-state index >= 15 is 0 Å². The summed E-state index contributed by atoms with van der Waals surface area (Å²) in [6.07, 6.45) is 0.671. The number of aryl methyl sites for hydroxylation is 2. The molecule has 0 bridgehead atoms. The van der Waals surface area contributed by atoms with E-state index in [0.717, 1.165) is 33.4 Å². The second-order valence-electron chi connectivity index (χ2n) is 6.50. The number of halogens is 1. The Morgan fingerprint density at radius 1 is 1.12 bits per heavy atom. The Balaban J connectivity index is 1.82. The Hall–Kier alpha value is -2.04. The maximum absolute atomic E-state index is 10.8. The van der Waals surface area contributed by atoms with E-state index < -0.39 is 5.97 Å². The summed E-state index contributed by atoms with van der Waals surface area (Å²) in [7, 11) is 0. The molecular weight excluding hydrogens is 368 g/mol. The molecule has 136 valence electrons. The van der Waals surface area contributed by atoms with Crippen LogP contribution in [-0.2, 0) is 17.8 Å². The lowest BCUT2D eigenvalue weighted by molar-refractivity contribution is -0.136. The lowest BCUT2D eigenvalue weighted by Gasteiger charge is -2.15. The Kier molecular flexibility index (Phi) is 5.54. The van der Waals surface area contributed by atoms with Crippen LogP contribution in [0.4, 0.5) is 0 Å². The van der Waals surface area contributed by atoms with Gasteiger partial charge in [0.05, 0.1) is 0 Å². The van der Waals surface area contributed by atoms with Gasteiger partial charge in [-0.3, -0.25) is 4.79 Å². The molecule has 1 N–H and O–H groups in total. The lowest BCUT2D eigenvalue weighted by Crippen LogP contribution is -2.03. The number of carbonyl (C=O) groups is 1.